The SMILES string of the molecule is CC(=O)Nc1ccc(C)c(NC(=O)c2csc(I)c2)c1. The third kappa shape index (κ3) is 3.80. The first-order valence-electron chi connectivity index (χ1n) is 5.89. The Morgan fingerprint density at radius 3 is 2.55 bits per heavy atom. The zero-order chi connectivity index (χ0) is 14.7. The van der Waals surface area contributed by atoms with Crippen molar-refractivity contribution in [3.63, 3.8) is 0 Å². The van der Waals surface area contributed by atoms with Crippen molar-refractivity contribution in [3.05, 3.63) is 43.7 Å². The number of anilines is 2. The number of carbonyl (C=O) groups excluding carboxylic acids is 2. The van der Waals surface area contributed by atoms with E-state index in [9.17, 15) is 9.59 Å². The highest BCUT2D eigenvalue weighted by Crippen LogP contribution is 2.22. The molecule has 0 aliphatic carbocycles. The zero-order valence-electron chi connectivity index (χ0n) is 11.0. The fourth-order valence-corrected chi connectivity index (χ4v) is 2.99. The number of hydrogen-bond donors (Lipinski definition) is 2. The van der Waals surface area contributed by atoms with E-state index in [1.54, 1.807) is 12.1 Å². The third-order valence-corrected chi connectivity index (χ3v) is 4.42. The topological polar surface area (TPSA) is 58.2 Å². The molecule has 0 saturated heterocycles. The molecular formula is C14H13IN2O2S. The van der Waals surface area contributed by atoms with Gasteiger partial charge in [-0.3, -0.25) is 9.59 Å². The van der Waals surface area contributed by atoms with Crippen LogP contribution in [0.15, 0.2) is 29.6 Å². The first-order chi connectivity index (χ1) is 9.45. The minimum Gasteiger partial charge on any atom is -0.326 e. The van der Waals surface area contributed by atoms with Crippen LogP contribution in [0.4, 0.5) is 11.4 Å². The van der Waals surface area contributed by atoms with Crippen LogP contribution in [0, 0.1) is 9.81 Å². The summed E-state index contributed by atoms with van der Waals surface area (Å²) in [5.41, 5.74) is 2.95. The van der Waals surface area contributed by atoms with Gasteiger partial charge in [0.15, 0.2) is 0 Å². The van der Waals surface area contributed by atoms with Crippen LogP contribution in [0.3, 0.4) is 0 Å². The maximum Gasteiger partial charge on any atom is 0.256 e. The Balaban J connectivity index is 2.19. The van der Waals surface area contributed by atoms with Crippen molar-refractivity contribution in [3.8, 4) is 0 Å². The minimum absolute atomic E-state index is 0.140. The molecule has 1 heterocycles. The average Bonchev–Trinajstić information content (AvgIpc) is 2.79. The highest BCUT2D eigenvalue weighted by atomic mass is 127. The summed E-state index contributed by atoms with van der Waals surface area (Å²) in [6, 6.07) is 7.26. The molecule has 1 aromatic heterocycles. The molecule has 1 aromatic carbocycles. The van der Waals surface area contributed by atoms with Crippen molar-refractivity contribution < 1.29 is 9.59 Å². The molecule has 0 atom stereocenters. The molecule has 20 heavy (non-hydrogen) atoms. The third-order valence-electron chi connectivity index (χ3n) is 2.64. The molecule has 0 aliphatic heterocycles. The second kappa shape index (κ2) is 6.36. The van der Waals surface area contributed by atoms with Gasteiger partial charge in [0.1, 0.15) is 0 Å². The first-order valence-corrected chi connectivity index (χ1v) is 7.85. The van der Waals surface area contributed by atoms with Gasteiger partial charge < -0.3 is 10.6 Å². The number of amides is 2. The van der Waals surface area contributed by atoms with Gasteiger partial charge in [-0.1, -0.05) is 6.07 Å². The Hall–Kier alpha value is -1.41. The lowest BCUT2D eigenvalue weighted by Crippen LogP contribution is -2.13. The van der Waals surface area contributed by atoms with Gasteiger partial charge in [0.25, 0.3) is 5.91 Å². The molecule has 4 nitrogen and oxygen atoms in total. The molecule has 0 radical (unpaired) electrons. The number of benzene rings is 1. The molecule has 0 unspecified atom stereocenters. The van der Waals surface area contributed by atoms with Crippen LogP contribution in [0.1, 0.15) is 22.8 Å². The normalized spacial score (nSPS) is 10.2. The number of halogens is 1. The van der Waals surface area contributed by atoms with E-state index in [2.05, 4.69) is 33.2 Å². The summed E-state index contributed by atoms with van der Waals surface area (Å²) in [6.07, 6.45) is 0. The van der Waals surface area contributed by atoms with E-state index in [1.165, 1.54) is 18.3 Å². The molecule has 0 aliphatic rings. The molecule has 0 spiro atoms. The van der Waals surface area contributed by atoms with E-state index >= 15 is 0 Å². The predicted octanol–water partition coefficient (Wildman–Crippen LogP) is 3.87. The average molecular weight is 400 g/mol. The Morgan fingerprint density at radius 2 is 1.95 bits per heavy atom. The van der Waals surface area contributed by atoms with Gasteiger partial charge in [-0.25, -0.2) is 0 Å². The molecule has 0 saturated carbocycles. The van der Waals surface area contributed by atoms with Gasteiger partial charge in [0, 0.05) is 23.7 Å². The second-order valence-electron chi connectivity index (χ2n) is 4.30. The predicted molar refractivity (Wildman–Crippen MR) is 90.5 cm³/mol. The van der Waals surface area contributed by atoms with Crippen LogP contribution in [-0.4, -0.2) is 11.8 Å². The summed E-state index contributed by atoms with van der Waals surface area (Å²) in [5.74, 6) is -0.286. The van der Waals surface area contributed by atoms with Crippen molar-refractivity contribution in [2.24, 2.45) is 0 Å². The smallest absolute Gasteiger partial charge is 0.256 e. The van der Waals surface area contributed by atoms with Crippen LogP contribution in [0.25, 0.3) is 0 Å². The van der Waals surface area contributed by atoms with Gasteiger partial charge in [-0.2, -0.15) is 0 Å². The number of hydrogen-bond acceptors (Lipinski definition) is 3. The molecule has 104 valence electrons. The summed E-state index contributed by atoms with van der Waals surface area (Å²) >= 11 is 3.71. The molecule has 0 fully saturated rings. The second-order valence-corrected chi connectivity index (χ2v) is 7.11. The Bertz CT molecular complexity index is 667. The van der Waals surface area contributed by atoms with E-state index in [0.717, 1.165) is 8.45 Å². The van der Waals surface area contributed by atoms with Crippen LogP contribution in [0.5, 0.6) is 0 Å². The fourth-order valence-electron chi connectivity index (χ4n) is 1.66. The summed E-state index contributed by atoms with van der Waals surface area (Å²) < 4.78 is 1.07. The van der Waals surface area contributed by atoms with Crippen molar-refractivity contribution in [2.45, 2.75) is 13.8 Å². The van der Waals surface area contributed by atoms with E-state index in [0.29, 0.717) is 16.9 Å². The molecule has 2 rings (SSSR count). The number of nitrogens with one attached hydrogen (secondary N) is 2. The lowest BCUT2D eigenvalue weighted by Gasteiger charge is -2.10. The highest BCUT2D eigenvalue weighted by Gasteiger charge is 2.10. The standard InChI is InChI=1S/C14H13IN2O2S/c1-8-3-4-11(16-9(2)18)6-12(8)17-14(19)10-5-13(15)20-7-10/h3-7H,1-2H3,(H,16,18)(H,17,19). The highest BCUT2D eigenvalue weighted by molar-refractivity contribution is 14.1. The maximum atomic E-state index is 12.1. The van der Waals surface area contributed by atoms with Crippen molar-refractivity contribution in [1.82, 2.24) is 0 Å². The van der Waals surface area contributed by atoms with Gasteiger partial charge in [0.2, 0.25) is 5.91 Å². The molecule has 0 bridgehead atoms. The van der Waals surface area contributed by atoms with Crippen LogP contribution in [0.2, 0.25) is 0 Å². The van der Waals surface area contributed by atoms with Crippen molar-refractivity contribution >= 4 is 57.1 Å². The largest absolute Gasteiger partial charge is 0.326 e. The van der Waals surface area contributed by atoms with Gasteiger partial charge in [-0.15, -0.1) is 11.3 Å². The lowest BCUT2D eigenvalue weighted by atomic mass is 10.1. The van der Waals surface area contributed by atoms with Crippen molar-refractivity contribution in [1.29, 1.82) is 0 Å². The molecule has 2 N–H and O–H groups in total. The summed E-state index contributed by atoms with van der Waals surface area (Å²) in [7, 11) is 0. The number of aryl methyl sites for hydroxylation is 1. The Labute approximate surface area is 134 Å². The molecule has 2 amide bonds. The van der Waals surface area contributed by atoms with E-state index in [1.807, 2.05) is 24.4 Å². The number of thiophene rings is 1. The molecule has 6 heteroatoms. The summed E-state index contributed by atoms with van der Waals surface area (Å²) in [6.45, 7) is 3.36. The molecular weight excluding hydrogens is 387 g/mol. The van der Waals surface area contributed by atoms with Gasteiger partial charge in [0.05, 0.1) is 8.45 Å². The minimum atomic E-state index is -0.146. The van der Waals surface area contributed by atoms with Crippen LogP contribution < -0.4 is 10.6 Å². The molecule has 2 aromatic rings. The van der Waals surface area contributed by atoms with E-state index in [4.69, 9.17) is 0 Å². The quantitative estimate of drug-likeness (QED) is 0.769. The Morgan fingerprint density at radius 1 is 1.20 bits per heavy atom. The summed E-state index contributed by atoms with van der Waals surface area (Å²) in [4.78, 5) is 23.2. The monoisotopic (exact) mass is 400 g/mol. The zero-order valence-corrected chi connectivity index (χ0v) is 14.0. The van der Waals surface area contributed by atoms with Gasteiger partial charge >= 0.3 is 0 Å². The fraction of sp³-hybridized carbons (Fsp3) is 0.143. The Kier molecular flexibility index (Phi) is 4.77. The lowest BCUT2D eigenvalue weighted by molar-refractivity contribution is -0.114. The number of rotatable bonds is 3. The van der Waals surface area contributed by atoms with Gasteiger partial charge in [-0.05, 0) is 53.3 Å². The van der Waals surface area contributed by atoms with E-state index in [-0.39, 0.29) is 11.8 Å². The number of carbonyl (C=O) groups is 2. The summed E-state index contributed by atoms with van der Waals surface area (Å²) in [5, 5.41) is 7.39. The first kappa shape index (κ1) is 15.0. The van der Waals surface area contributed by atoms with Crippen LogP contribution in [-0.2, 0) is 4.79 Å². The van der Waals surface area contributed by atoms with Crippen LogP contribution >= 0.6 is 33.9 Å². The maximum absolute atomic E-state index is 12.1. The van der Waals surface area contributed by atoms with E-state index < -0.39 is 0 Å². The van der Waals surface area contributed by atoms with Crippen molar-refractivity contribution in [2.75, 3.05) is 10.6 Å².